The van der Waals surface area contributed by atoms with Crippen LogP contribution in [-0.4, -0.2) is 55.0 Å². The van der Waals surface area contributed by atoms with Crippen LogP contribution in [0.25, 0.3) is 0 Å². The molecule has 0 unspecified atom stereocenters. The maximum Gasteiger partial charge on any atom is 0.330 e. The van der Waals surface area contributed by atoms with E-state index in [4.69, 9.17) is 9.47 Å². The molecule has 1 N–H and O–H groups in total. The zero-order valence-corrected chi connectivity index (χ0v) is 24.4. The van der Waals surface area contributed by atoms with E-state index < -0.39 is 33.7 Å². The Labute approximate surface area is 229 Å². The smallest absolute Gasteiger partial charge is 0.330 e. The maximum absolute atomic E-state index is 14.0. The summed E-state index contributed by atoms with van der Waals surface area (Å²) in [5.74, 6) is -1.74. The van der Waals surface area contributed by atoms with E-state index >= 15 is 0 Å². The second kappa shape index (κ2) is 10.5. The Balaban J connectivity index is 1.86. The molecule has 0 spiro atoms. The number of carbonyl (C=O) groups is 2. The first-order valence-corrected chi connectivity index (χ1v) is 15.1. The van der Waals surface area contributed by atoms with Crippen LogP contribution in [0.1, 0.15) is 73.5 Å². The molecule has 37 heavy (non-hydrogen) atoms. The van der Waals surface area contributed by atoms with Crippen molar-refractivity contribution in [1.82, 2.24) is 4.31 Å². The van der Waals surface area contributed by atoms with E-state index in [-0.39, 0.29) is 23.2 Å². The topological polar surface area (TPSA) is 113 Å². The second-order valence-corrected chi connectivity index (χ2v) is 13.8. The molecule has 1 aliphatic carbocycles. The van der Waals surface area contributed by atoms with Crippen LogP contribution >= 0.6 is 27.3 Å². The molecule has 2 heterocycles. The highest BCUT2D eigenvalue weighted by atomic mass is 79.9. The minimum absolute atomic E-state index is 0.0550. The van der Waals surface area contributed by atoms with Gasteiger partial charge in [-0.1, -0.05) is 37.5 Å². The number of thiophene rings is 1. The number of para-hydroxylation sites is 1. The number of carbonyl (C=O) groups excluding carboxylic acids is 1. The molecule has 1 amide bonds. The molecule has 202 valence electrons. The molecule has 2 aliphatic rings. The first kappa shape index (κ1) is 27.9. The van der Waals surface area contributed by atoms with Gasteiger partial charge in [0.05, 0.1) is 29.1 Å². The van der Waals surface area contributed by atoms with Gasteiger partial charge < -0.3 is 14.6 Å². The molecular weight excluding hydrogens is 584 g/mol. The van der Waals surface area contributed by atoms with Gasteiger partial charge in [0.2, 0.25) is 0 Å². The number of carboxylic acid groups (broad SMARTS) is 1. The third kappa shape index (κ3) is 5.00. The van der Waals surface area contributed by atoms with Gasteiger partial charge in [-0.25, -0.2) is 13.4 Å². The summed E-state index contributed by atoms with van der Waals surface area (Å²) < 4.78 is 42.4. The summed E-state index contributed by atoms with van der Waals surface area (Å²) in [6.45, 7) is 3.97. The number of methoxy groups -OCH3 is 1. The van der Waals surface area contributed by atoms with E-state index in [9.17, 15) is 23.1 Å². The van der Waals surface area contributed by atoms with Crippen molar-refractivity contribution in [3.63, 3.8) is 0 Å². The van der Waals surface area contributed by atoms with E-state index in [0.29, 0.717) is 25.0 Å². The number of rotatable bonds is 8. The average Bonchev–Trinajstić information content (AvgIpc) is 3.15. The van der Waals surface area contributed by atoms with Crippen molar-refractivity contribution in [3.8, 4) is 5.75 Å². The normalized spacial score (nSPS) is 19.0. The standard InChI is InChI=1S/C25H31BrN2O7S2/c1-15-20-22(29)28(25(2,3)24(30)31)37(32,33)27(23(20)36-21(15)26)14-19(35-16-10-6-5-7-11-16)17-12-8-9-13-18(17)34-4/h8-9,12-13,16,19H,5-7,10-11,14H2,1-4H3,(H,30,31)/t19-/m0/s1. The molecular formula is C25H31BrN2O7S2. The number of halogens is 1. The number of hydrogen-bond donors (Lipinski definition) is 1. The highest BCUT2D eigenvalue weighted by molar-refractivity contribution is 9.11. The summed E-state index contributed by atoms with van der Waals surface area (Å²) >= 11 is 4.57. The SMILES string of the molecule is COc1ccccc1[C@H](CN1c2sc(Br)c(C)c2C(=O)N(C(C)(C)C(=O)O)S1(=O)=O)OC1CCCCC1. The van der Waals surface area contributed by atoms with Crippen molar-refractivity contribution in [1.29, 1.82) is 0 Å². The summed E-state index contributed by atoms with van der Waals surface area (Å²) in [5.41, 5.74) is -0.618. The molecule has 0 bridgehead atoms. The van der Waals surface area contributed by atoms with Gasteiger partial charge in [0.1, 0.15) is 16.9 Å². The van der Waals surface area contributed by atoms with Gasteiger partial charge >= 0.3 is 16.2 Å². The Bertz CT molecular complexity index is 1300. The summed E-state index contributed by atoms with van der Waals surface area (Å²) in [5, 5.41) is 10.1. The van der Waals surface area contributed by atoms with Gasteiger partial charge in [0, 0.05) is 5.56 Å². The summed E-state index contributed by atoms with van der Waals surface area (Å²) in [6.07, 6.45) is 4.15. The number of nitrogens with zero attached hydrogens (tertiary/aromatic N) is 2. The predicted octanol–water partition coefficient (Wildman–Crippen LogP) is 5.29. The molecule has 1 aliphatic heterocycles. The molecule has 4 rings (SSSR count). The number of aliphatic carboxylic acids is 1. The van der Waals surface area contributed by atoms with Gasteiger partial charge in [-0.15, -0.1) is 11.3 Å². The average molecular weight is 616 g/mol. The van der Waals surface area contributed by atoms with E-state index in [2.05, 4.69) is 15.9 Å². The summed E-state index contributed by atoms with van der Waals surface area (Å²) in [6, 6.07) is 7.28. The lowest BCUT2D eigenvalue weighted by atomic mass is 9.97. The Kier molecular flexibility index (Phi) is 7.95. The molecule has 0 radical (unpaired) electrons. The van der Waals surface area contributed by atoms with E-state index in [1.165, 1.54) is 13.8 Å². The van der Waals surface area contributed by atoms with Crippen molar-refractivity contribution in [2.24, 2.45) is 0 Å². The van der Waals surface area contributed by atoms with Gasteiger partial charge in [-0.05, 0) is 61.2 Å². The summed E-state index contributed by atoms with van der Waals surface area (Å²) in [7, 11) is -3.05. The van der Waals surface area contributed by atoms with Crippen molar-refractivity contribution >= 4 is 54.4 Å². The lowest BCUT2D eigenvalue weighted by Crippen LogP contribution is -2.62. The van der Waals surface area contributed by atoms with Crippen molar-refractivity contribution in [3.05, 3.63) is 44.7 Å². The molecule has 9 nitrogen and oxygen atoms in total. The highest BCUT2D eigenvalue weighted by Crippen LogP contribution is 2.47. The van der Waals surface area contributed by atoms with Crippen molar-refractivity contribution in [2.45, 2.75) is 70.6 Å². The Morgan fingerprint density at radius 1 is 1.24 bits per heavy atom. The molecule has 1 fully saturated rings. The molecule has 1 aromatic carbocycles. The first-order chi connectivity index (χ1) is 17.4. The molecule has 1 saturated carbocycles. The number of hydrogen-bond acceptors (Lipinski definition) is 7. The number of ether oxygens (including phenoxy) is 2. The Morgan fingerprint density at radius 2 is 1.89 bits per heavy atom. The van der Waals surface area contributed by atoms with Gasteiger partial charge in [0.15, 0.2) is 5.54 Å². The van der Waals surface area contributed by atoms with Crippen LogP contribution in [0.4, 0.5) is 5.00 Å². The Hall–Kier alpha value is -2.15. The highest BCUT2D eigenvalue weighted by Gasteiger charge is 2.54. The van der Waals surface area contributed by atoms with E-state index in [1.807, 2.05) is 18.2 Å². The second-order valence-electron chi connectivity index (χ2n) is 9.78. The van der Waals surface area contributed by atoms with Crippen LogP contribution in [0.5, 0.6) is 5.75 Å². The first-order valence-electron chi connectivity index (χ1n) is 12.1. The monoisotopic (exact) mass is 614 g/mol. The largest absolute Gasteiger partial charge is 0.496 e. The quantitative estimate of drug-likeness (QED) is 0.430. The predicted molar refractivity (Wildman–Crippen MR) is 145 cm³/mol. The van der Waals surface area contributed by atoms with Gasteiger partial charge in [-0.3, -0.25) is 4.79 Å². The lowest BCUT2D eigenvalue weighted by Gasteiger charge is -2.42. The fourth-order valence-corrected chi connectivity index (χ4v) is 8.62. The minimum atomic E-state index is -4.59. The number of amides is 1. The number of carboxylic acids is 1. The molecule has 0 saturated heterocycles. The molecule has 2 aromatic rings. The van der Waals surface area contributed by atoms with Crippen molar-refractivity contribution < 1.29 is 32.6 Å². The van der Waals surface area contributed by atoms with Gasteiger partial charge in [0.25, 0.3) is 5.91 Å². The van der Waals surface area contributed by atoms with Gasteiger partial charge in [-0.2, -0.15) is 8.42 Å². The van der Waals surface area contributed by atoms with Crippen LogP contribution in [0, 0.1) is 6.92 Å². The molecule has 1 atom stereocenters. The number of benzene rings is 1. The van der Waals surface area contributed by atoms with Crippen LogP contribution in [0.3, 0.4) is 0 Å². The fourth-order valence-electron chi connectivity index (χ4n) is 4.85. The van der Waals surface area contributed by atoms with E-state index in [0.717, 1.165) is 47.7 Å². The van der Waals surface area contributed by atoms with Crippen LogP contribution in [-0.2, 0) is 19.7 Å². The molecule has 1 aromatic heterocycles. The lowest BCUT2D eigenvalue weighted by molar-refractivity contribution is -0.145. The zero-order valence-electron chi connectivity index (χ0n) is 21.2. The summed E-state index contributed by atoms with van der Waals surface area (Å²) in [4.78, 5) is 25.7. The van der Waals surface area contributed by atoms with Crippen LogP contribution < -0.4 is 9.04 Å². The molecule has 12 heteroatoms. The third-order valence-electron chi connectivity index (χ3n) is 6.96. The Morgan fingerprint density at radius 3 is 2.51 bits per heavy atom. The van der Waals surface area contributed by atoms with Crippen LogP contribution in [0.15, 0.2) is 28.1 Å². The zero-order chi connectivity index (χ0) is 27.1. The minimum Gasteiger partial charge on any atom is -0.496 e. The maximum atomic E-state index is 14.0. The number of anilines is 1. The van der Waals surface area contributed by atoms with E-state index in [1.54, 1.807) is 20.1 Å². The number of fused-ring (bicyclic) bond motifs is 1. The third-order valence-corrected chi connectivity index (χ3v) is 11.2. The van der Waals surface area contributed by atoms with Crippen molar-refractivity contribution in [2.75, 3.05) is 18.0 Å². The van der Waals surface area contributed by atoms with Crippen LogP contribution in [0.2, 0.25) is 0 Å². The fraction of sp³-hybridized carbons (Fsp3) is 0.520.